The zero-order valence-corrected chi connectivity index (χ0v) is 9.47. The van der Waals surface area contributed by atoms with Crippen LogP contribution in [0, 0.1) is 22.7 Å². The standard InChI is InChI=1S/C12H18N2O/c1-9-6-12(7-9,8-13)10(15)14-11(2)4-3-5-11/h9H,3-7H2,1-2H3,(H,14,15). The van der Waals surface area contributed by atoms with Crippen LogP contribution in [0.1, 0.15) is 46.0 Å². The van der Waals surface area contributed by atoms with Crippen LogP contribution in [0.2, 0.25) is 0 Å². The minimum absolute atomic E-state index is 0.0280. The fraction of sp³-hybridized carbons (Fsp3) is 0.833. The van der Waals surface area contributed by atoms with Gasteiger partial charge in [-0.05, 0) is 44.9 Å². The summed E-state index contributed by atoms with van der Waals surface area (Å²) in [6.45, 7) is 4.16. The van der Waals surface area contributed by atoms with E-state index < -0.39 is 5.41 Å². The largest absolute Gasteiger partial charge is 0.350 e. The van der Waals surface area contributed by atoms with Crippen molar-refractivity contribution in [2.45, 2.75) is 51.5 Å². The molecule has 0 bridgehead atoms. The fourth-order valence-corrected chi connectivity index (χ4v) is 2.68. The zero-order valence-electron chi connectivity index (χ0n) is 9.47. The van der Waals surface area contributed by atoms with Crippen molar-refractivity contribution in [1.29, 1.82) is 5.26 Å². The van der Waals surface area contributed by atoms with Crippen LogP contribution < -0.4 is 5.32 Å². The molecule has 2 aliphatic carbocycles. The molecule has 0 saturated heterocycles. The maximum Gasteiger partial charge on any atom is 0.240 e. The van der Waals surface area contributed by atoms with Crippen LogP contribution in [-0.2, 0) is 4.79 Å². The SMILES string of the molecule is CC1CC(C#N)(C(=O)NC2(C)CCC2)C1. The number of carbonyl (C=O) groups excluding carboxylic acids is 1. The predicted molar refractivity (Wildman–Crippen MR) is 56.8 cm³/mol. The number of nitrogens with one attached hydrogen (secondary N) is 1. The molecule has 3 heteroatoms. The number of amides is 1. The Balaban J connectivity index is 1.98. The lowest BCUT2D eigenvalue weighted by atomic mass is 9.62. The van der Waals surface area contributed by atoms with Gasteiger partial charge in [0.15, 0.2) is 0 Å². The minimum Gasteiger partial charge on any atom is -0.350 e. The Kier molecular flexibility index (Phi) is 2.26. The topological polar surface area (TPSA) is 52.9 Å². The van der Waals surface area contributed by atoms with Crippen molar-refractivity contribution in [3.63, 3.8) is 0 Å². The molecule has 1 amide bonds. The van der Waals surface area contributed by atoms with Crippen LogP contribution in [0.4, 0.5) is 0 Å². The van der Waals surface area contributed by atoms with Gasteiger partial charge in [-0.15, -0.1) is 0 Å². The van der Waals surface area contributed by atoms with Crippen LogP contribution in [0.5, 0.6) is 0 Å². The summed E-state index contributed by atoms with van der Waals surface area (Å²) in [6.07, 6.45) is 4.75. The lowest BCUT2D eigenvalue weighted by molar-refractivity contribution is -0.136. The molecule has 82 valence electrons. The average Bonchev–Trinajstić information content (AvgIpc) is 2.09. The van der Waals surface area contributed by atoms with Crippen molar-refractivity contribution in [3.05, 3.63) is 0 Å². The van der Waals surface area contributed by atoms with Gasteiger partial charge in [0, 0.05) is 5.54 Å². The summed E-state index contributed by atoms with van der Waals surface area (Å²) < 4.78 is 0. The maximum atomic E-state index is 12.0. The molecule has 2 saturated carbocycles. The molecule has 15 heavy (non-hydrogen) atoms. The molecule has 1 N–H and O–H groups in total. The Labute approximate surface area is 90.8 Å². The third-order valence-electron chi connectivity index (χ3n) is 3.91. The number of rotatable bonds is 2. The van der Waals surface area contributed by atoms with E-state index in [9.17, 15) is 4.79 Å². The van der Waals surface area contributed by atoms with Gasteiger partial charge in [0.1, 0.15) is 5.41 Å². The van der Waals surface area contributed by atoms with E-state index >= 15 is 0 Å². The first-order chi connectivity index (χ1) is 7.00. The van der Waals surface area contributed by atoms with Gasteiger partial charge < -0.3 is 5.32 Å². The highest BCUT2D eigenvalue weighted by Gasteiger charge is 2.50. The van der Waals surface area contributed by atoms with Crippen LogP contribution in [-0.4, -0.2) is 11.4 Å². The first kappa shape index (κ1) is 10.5. The number of carbonyl (C=O) groups is 1. The molecule has 3 nitrogen and oxygen atoms in total. The van der Waals surface area contributed by atoms with E-state index in [1.54, 1.807) is 0 Å². The van der Waals surface area contributed by atoms with E-state index in [0.717, 1.165) is 25.7 Å². The Hall–Kier alpha value is -1.04. The highest BCUT2D eigenvalue weighted by Crippen LogP contribution is 2.46. The molecule has 0 spiro atoms. The molecule has 2 rings (SSSR count). The number of hydrogen-bond acceptors (Lipinski definition) is 2. The predicted octanol–water partition coefficient (Wildman–Crippen LogP) is 1.99. The van der Waals surface area contributed by atoms with Gasteiger partial charge in [-0.1, -0.05) is 6.92 Å². The fourth-order valence-electron chi connectivity index (χ4n) is 2.68. The van der Waals surface area contributed by atoms with Gasteiger partial charge in [-0.2, -0.15) is 5.26 Å². The zero-order chi connectivity index (χ0) is 11.1. The second kappa shape index (κ2) is 3.23. The van der Waals surface area contributed by atoms with Gasteiger partial charge in [-0.25, -0.2) is 0 Å². The van der Waals surface area contributed by atoms with E-state index in [4.69, 9.17) is 5.26 Å². The van der Waals surface area contributed by atoms with Gasteiger partial charge in [0.25, 0.3) is 0 Å². The Morgan fingerprint density at radius 1 is 1.47 bits per heavy atom. The quantitative estimate of drug-likeness (QED) is 0.751. The average molecular weight is 206 g/mol. The van der Waals surface area contributed by atoms with Crippen molar-refractivity contribution < 1.29 is 4.79 Å². The van der Waals surface area contributed by atoms with E-state index in [1.165, 1.54) is 6.42 Å². The molecule has 0 unspecified atom stereocenters. The highest BCUT2D eigenvalue weighted by molar-refractivity contribution is 5.87. The summed E-state index contributed by atoms with van der Waals surface area (Å²) in [7, 11) is 0. The van der Waals surface area contributed by atoms with Gasteiger partial charge in [0.2, 0.25) is 5.91 Å². The molecule has 0 aromatic rings. The van der Waals surface area contributed by atoms with Crippen LogP contribution in [0.15, 0.2) is 0 Å². The summed E-state index contributed by atoms with van der Waals surface area (Å²) in [4.78, 5) is 12.0. The van der Waals surface area contributed by atoms with Gasteiger partial charge in [0.05, 0.1) is 6.07 Å². The first-order valence-corrected chi connectivity index (χ1v) is 5.74. The van der Waals surface area contributed by atoms with Crippen molar-refractivity contribution in [1.82, 2.24) is 5.32 Å². The van der Waals surface area contributed by atoms with Crippen molar-refractivity contribution >= 4 is 5.91 Å². The van der Waals surface area contributed by atoms with Crippen LogP contribution >= 0.6 is 0 Å². The van der Waals surface area contributed by atoms with Gasteiger partial charge in [-0.3, -0.25) is 4.79 Å². The molecule has 0 heterocycles. The molecule has 2 aliphatic rings. The van der Waals surface area contributed by atoms with Crippen molar-refractivity contribution in [2.75, 3.05) is 0 Å². The normalized spacial score (nSPS) is 37.0. The maximum absolute atomic E-state index is 12.0. The Morgan fingerprint density at radius 2 is 2.07 bits per heavy atom. The first-order valence-electron chi connectivity index (χ1n) is 5.74. The molecule has 0 atom stereocenters. The second-order valence-electron chi connectivity index (χ2n) is 5.58. The van der Waals surface area contributed by atoms with Crippen molar-refractivity contribution in [3.8, 4) is 6.07 Å². The van der Waals surface area contributed by atoms with Crippen molar-refractivity contribution in [2.24, 2.45) is 11.3 Å². The molecule has 0 aromatic heterocycles. The molecule has 0 radical (unpaired) electrons. The summed E-state index contributed by atoms with van der Waals surface area (Å²) >= 11 is 0. The highest BCUT2D eigenvalue weighted by atomic mass is 16.2. The lowest BCUT2D eigenvalue weighted by Crippen LogP contribution is -2.58. The number of hydrogen-bond donors (Lipinski definition) is 1. The molecule has 2 fully saturated rings. The molecule has 0 aromatic carbocycles. The Morgan fingerprint density at radius 3 is 2.40 bits per heavy atom. The number of nitriles is 1. The third-order valence-corrected chi connectivity index (χ3v) is 3.91. The van der Waals surface area contributed by atoms with E-state index in [2.05, 4.69) is 25.2 Å². The number of nitrogens with zero attached hydrogens (tertiary/aromatic N) is 1. The van der Waals surface area contributed by atoms with Crippen LogP contribution in [0.25, 0.3) is 0 Å². The molecular formula is C12H18N2O. The molecule has 0 aliphatic heterocycles. The summed E-state index contributed by atoms with van der Waals surface area (Å²) in [5.74, 6) is 0.481. The van der Waals surface area contributed by atoms with E-state index in [0.29, 0.717) is 5.92 Å². The lowest BCUT2D eigenvalue weighted by Gasteiger charge is -2.45. The summed E-state index contributed by atoms with van der Waals surface area (Å²) in [5.41, 5.74) is -0.738. The minimum atomic E-state index is -0.710. The Bertz CT molecular complexity index is 319. The van der Waals surface area contributed by atoms with E-state index in [1.807, 2.05) is 0 Å². The summed E-state index contributed by atoms with van der Waals surface area (Å²) in [5, 5.41) is 12.1. The van der Waals surface area contributed by atoms with Gasteiger partial charge >= 0.3 is 0 Å². The summed E-state index contributed by atoms with van der Waals surface area (Å²) in [6, 6.07) is 2.20. The smallest absolute Gasteiger partial charge is 0.240 e. The monoisotopic (exact) mass is 206 g/mol. The second-order valence-corrected chi connectivity index (χ2v) is 5.58. The van der Waals surface area contributed by atoms with Crippen LogP contribution in [0.3, 0.4) is 0 Å². The van der Waals surface area contributed by atoms with E-state index in [-0.39, 0.29) is 11.4 Å². The molecular weight excluding hydrogens is 188 g/mol. The third kappa shape index (κ3) is 1.62.